The summed E-state index contributed by atoms with van der Waals surface area (Å²) in [4.78, 5) is 12.3. The first-order valence-corrected chi connectivity index (χ1v) is 7.28. The highest BCUT2D eigenvalue weighted by molar-refractivity contribution is 5.82. The molecule has 1 aliphatic rings. The molecule has 0 saturated heterocycles. The number of carbonyl (C=O) groups is 1. The number of carbonyl (C=O) groups excluding carboxylic acids is 1. The number of benzene rings is 1. The van der Waals surface area contributed by atoms with Gasteiger partial charge in [0.15, 0.2) is 5.54 Å². The van der Waals surface area contributed by atoms with Crippen molar-refractivity contribution in [3.05, 3.63) is 29.6 Å². The maximum atomic E-state index is 13.5. The van der Waals surface area contributed by atoms with E-state index in [4.69, 9.17) is 9.47 Å². The first-order chi connectivity index (χ1) is 10.0. The molecule has 1 fully saturated rings. The van der Waals surface area contributed by atoms with E-state index < -0.39 is 5.54 Å². The molecule has 0 heterocycles. The van der Waals surface area contributed by atoms with Crippen molar-refractivity contribution < 1.29 is 18.7 Å². The largest absolute Gasteiger partial charge is 0.491 e. The monoisotopic (exact) mass is 295 g/mol. The van der Waals surface area contributed by atoms with Gasteiger partial charge < -0.3 is 14.8 Å². The number of halogens is 1. The van der Waals surface area contributed by atoms with Gasteiger partial charge in [-0.2, -0.15) is 0 Å². The Balaban J connectivity index is 2.11. The van der Waals surface area contributed by atoms with Gasteiger partial charge in [-0.3, -0.25) is 0 Å². The molecule has 2 rings (SSSR count). The number of rotatable bonds is 7. The van der Waals surface area contributed by atoms with E-state index in [0.29, 0.717) is 17.9 Å². The molecule has 1 aliphatic carbocycles. The second-order valence-electron chi connectivity index (χ2n) is 5.42. The van der Waals surface area contributed by atoms with Crippen LogP contribution in [0.3, 0.4) is 0 Å². The molecule has 0 aromatic heterocycles. The van der Waals surface area contributed by atoms with Gasteiger partial charge in [-0.05, 0) is 51.3 Å². The summed E-state index contributed by atoms with van der Waals surface area (Å²) in [5.41, 5.74) is -0.285. The van der Waals surface area contributed by atoms with Crippen molar-refractivity contribution in [3.63, 3.8) is 0 Å². The van der Waals surface area contributed by atoms with Crippen molar-refractivity contribution in [1.82, 2.24) is 5.32 Å². The van der Waals surface area contributed by atoms with Crippen molar-refractivity contribution in [3.8, 4) is 5.75 Å². The number of aryl methyl sites for hydroxylation is 1. The molecular weight excluding hydrogens is 273 g/mol. The Labute approximate surface area is 124 Å². The second kappa shape index (κ2) is 6.43. The van der Waals surface area contributed by atoms with Gasteiger partial charge in [0.2, 0.25) is 0 Å². The quantitative estimate of drug-likeness (QED) is 0.785. The number of hydrogen-bond acceptors (Lipinski definition) is 4. The lowest BCUT2D eigenvalue weighted by Crippen LogP contribution is -2.57. The van der Waals surface area contributed by atoms with E-state index in [1.54, 1.807) is 33.0 Å². The Bertz CT molecular complexity index is 516. The zero-order chi connectivity index (χ0) is 15.5. The summed E-state index contributed by atoms with van der Waals surface area (Å²) in [7, 11) is 1.73. The minimum Gasteiger partial charge on any atom is -0.491 e. The minimum absolute atomic E-state index is 0.134. The fourth-order valence-corrected chi connectivity index (χ4v) is 2.42. The smallest absolute Gasteiger partial charge is 0.330 e. The molecular formula is C16H22FNO3. The molecule has 1 atom stereocenters. The zero-order valence-electron chi connectivity index (χ0n) is 12.7. The number of likely N-dealkylation sites (N-methyl/N-ethyl adjacent to an activating group) is 1. The summed E-state index contributed by atoms with van der Waals surface area (Å²) in [6.45, 7) is 3.94. The summed E-state index contributed by atoms with van der Waals surface area (Å²) in [5, 5.41) is 3.07. The van der Waals surface area contributed by atoms with E-state index >= 15 is 0 Å². The highest BCUT2D eigenvalue weighted by Crippen LogP contribution is 2.40. The molecule has 21 heavy (non-hydrogen) atoms. The van der Waals surface area contributed by atoms with Crippen LogP contribution >= 0.6 is 0 Å². The molecule has 1 unspecified atom stereocenters. The number of esters is 1. The molecule has 116 valence electrons. The van der Waals surface area contributed by atoms with Gasteiger partial charge in [0.05, 0.1) is 6.61 Å². The summed E-state index contributed by atoms with van der Waals surface area (Å²) in [6.07, 6.45) is 1.93. The maximum absolute atomic E-state index is 13.5. The minimum atomic E-state index is -0.850. The lowest BCUT2D eigenvalue weighted by molar-refractivity contribution is -0.153. The Kier molecular flexibility index (Phi) is 4.83. The third-order valence-corrected chi connectivity index (χ3v) is 3.97. The van der Waals surface area contributed by atoms with E-state index in [0.717, 1.165) is 12.8 Å². The fraction of sp³-hybridized carbons (Fsp3) is 0.562. The van der Waals surface area contributed by atoms with E-state index in [2.05, 4.69) is 5.32 Å². The third-order valence-electron chi connectivity index (χ3n) is 3.97. The molecule has 1 N–H and O–H groups in total. The van der Waals surface area contributed by atoms with Crippen molar-refractivity contribution >= 4 is 5.97 Å². The topological polar surface area (TPSA) is 47.6 Å². The van der Waals surface area contributed by atoms with Gasteiger partial charge in [-0.25, -0.2) is 9.18 Å². The van der Waals surface area contributed by atoms with E-state index in [-0.39, 0.29) is 24.3 Å². The lowest BCUT2D eigenvalue weighted by Gasteiger charge is -2.31. The molecule has 1 aromatic rings. The SMILES string of the molecule is CCOC(=O)C(COc1ccc(C)c(F)c1)(NC)C1CC1. The molecule has 4 nitrogen and oxygen atoms in total. The zero-order valence-corrected chi connectivity index (χ0v) is 12.7. The van der Waals surface area contributed by atoms with Crippen LogP contribution in [0, 0.1) is 18.7 Å². The van der Waals surface area contributed by atoms with Crippen LogP contribution in [0.4, 0.5) is 4.39 Å². The van der Waals surface area contributed by atoms with Gasteiger partial charge in [-0.1, -0.05) is 6.07 Å². The van der Waals surface area contributed by atoms with Crippen LogP contribution in [-0.2, 0) is 9.53 Å². The number of nitrogens with one attached hydrogen (secondary N) is 1. The normalized spacial score (nSPS) is 17.1. The van der Waals surface area contributed by atoms with Crippen LogP contribution < -0.4 is 10.1 Å². The van der Waals surface area contributed by atoms with Crippen LogP contribution in [0.5, 0.6) is 5.75 Å². The molecule has 1 saturated carbocycles. The van der Waals surface area contributed by atoms with E-state index in [1.807, 2.05) is 0 Å². The van der Waals surface area contributed by atoms with Crippen LogP contribution in [0.2, 0.25) is 0 Å². The summed E-state index contributed by atoms with van der Waals surface area (Å²) < 4.78 is 24.4. The summed E-state index contributed by atoms with van der Waals surface area (Å²) in [6, 6.07) is 4.71. The first-order valence-electron chi connectivity index (χ1n) is 7.28. The Morgan fingerprint density at radius 3 is 2.71 bits per heavy atom. The number of ether oxygens (including phenoxy) is 2. The molecule has 0 spiro atoms. The average molecular weight is 295 g/mol. The van der Waals surface area contributed by atoms with Gasteiger partial charge in [0, 0.05) is 6.07 Å². The second-order valence-corrected chi connectivity index (χ2v) is 5.42. The Morgan fingerprint density at radius 2 is 2.19 bits per heavy atom. The average Bonchev–Trinajstić information content (AvgIpc) is 3.29. The highest BCUT2D eigenvalue weighted by Gasteiger charge is 2.52. The fourth-order valence-electron chi connectivity index (χ4n) is 2.42. The van der Waals surface area contributed by atoms with Crippen molar-refractivity contribution in [2.24, 2.45) is 5.92 Å². The van der Waals surface area contributed by atoms with Gasteiger partial charge in [0.25, 0.3) is 0 Å². The molecule has 1 aromatic carbocycles. The standard InChI is InChI=1S/C16H22FNO3/c1-4-20-15(19)16(18-3,12-6-7-12)10-21-13-8-5-11(2)14(17)9-13/h5,8-9,12,18H,4,6-7,10H2,1-3H3. The molecule has 0 bridgehead atoms. The van der Waals surface area contributed by atoms with Crippen molar-refractivity contribution in [1.29, 1.82) is 0 Å². The molecule has 0 aliphatic heterocycles. The van der Waals surface area contributed by atoms with Gasteiger partial charge >= 0.3 is 5.97 Å². The Morgan fingerprint density at radius 1 is 1.48 bits per heavy atom. The predicted molar refractivity (Wildman–Crippen MR) is 77.8 cm³/mol. The van der Waals surface area contributed by atoms with Crippen LogP contribution in [0.15, 0.2) is 18.2 Å². The van der Waals surface area contributed by atoms with Crippen LogP contribution in [0.1, 0.15) is 25.3 Å². The first kappa shape index (κ1) is 15.8. The summed E-state index contributed by atoms with van der Waals surface area (Å²) in [5.74, 6) is 0.00668. The molecule has 0 radical (unpaired) electrons. The maximum Gasteiger partial charge on any atom is 0.330 e. The number of hydrogen-bond donors (Lipinski definition) is 1. The highest BCUT2D eigenvalue weighted by atomic mass is 19.1. The predicted octanol–water partition coefficient (Wildman–Crippen LogP) is 2.44. The van der Waals surface area contributed by atoms with E-state index in [1.165, 1.54) is 6.07 Å². The summed E-state index contributed by atoms with van der Waals surface area (Å²) >= 11 is 0. The molecule has 5 heteroatoms. The van der Waals surface area contributed by atoms with Gasteiger partial charge in [-0.15, -0.1) is 0 Å². The van der Waals surface area contributed by atoms with Gasteiger partial charge in [0.1, 0.15) is 18.2 Å². The van der Waals surface area contributed by atoms with Crippen molar-refractivity contribution in [2.45, 2.75) is 32.2 Å². The Hall–Kier alpha value is -1.62. The van der Waals surface area contributed by atoms with Crippen LogP contribution in [0.25, 0.3) is 0 Å². The molecule has 0 amide bonds. The lowest BCUT2D eigenvalue weighted by atomic mass is 9.94. The van der Waals surface area contributed by atoms with E-state index in [9.17, 15) is 9.18 Å². The third kappa shape index (κ3) is 3.35. The van der Waals surface area contributed by atoms with Crippen LogP contribution in [-0.4, -0.2) is 31.8 Å². The van der Waals surface area contributed by atoms with Crippen molar-refractivity contribution in [2.75, 3.05) is 20.3 Å².